The molecule has 232 valence electrons. The van der Waals surface area contributed by atoms with E-state index in [2.05, 4.69) is 21.9 Å². The molecule has 6 atom stereocenters. The van der Waals surface area contributed by atoms with E-state index >= 15 is 0 Å². The summed E-state index contributed by atoms with van der Waals surface area (Å²) in [5.41, 5.74) is 1.15. The molecule has 2 bridgehead atoms. The first-order valence-electron chi connectivity index (χ1n) is 14.8. The van der Waals surface area contributed by atoms with Crippen LogP contribution in [0.3, 0.4) is 0 Å². The van der Waals surface area contributed by atoms with Crippen molar-refractivity contribution in [2.45, 2.75) is 44.0 Å². The van der Waals surface area contributed by atoms with Gasteiger partial charge >= 0.3 is 6.18 Å². The van der Waals surface area contributed by atoms with Crippen LogP contribution < -0.4 is 15.4 Å². The lowest BCUT2D eigenvalue weighted by atomic mass is 9.83. The molecule has 3 aliphatic carbocycles. The number of oxime groups is 1. The van der Waals surface area contributed by atoms with Gasteiger partial charge in [0.2, 0.25) is 5.91 Å². The summed E-state index contributed by atoms with van der Waals surface area (Å²) in [6, 6.07) is 6.98. The van der Waals surface area contributed by atoms with Gasteiger partial charge in [-0.3, -0.25) is 9.59 Å². The molecule has 2 heterocycles. The Morgan fingerprint density at radius 3 is 2.57 bits per heavy atom. The maximum absolute atomic E-state index is 13.9. The molecule has 2 amide bonds. The Morgan fingerprint density at radius 2 is 1.82 bits per heavy atom. The standard InChI is InChI=1S/C32H31F4N3O5/c1-42-25-9-4-16(28-22-13-43-14-26(22)44-39-28)11-21(25)30(40)38-29-19-7-6-18(20(19)10-15-2-3-15)27(29)31(41)37-17-5-8-24(33)23(12-17)32(34,35)36/h4-5,8-12,15,18-19,22,26-27,29H,2-3,6-7,13-14H2,1H3,(H,37,41)(H,38,40)/b20-10-/t18-,19+,22?,26?,27-,29+/m0/s1. The molecule has 3 saturated carbocycles. The van der Waals surface area contributed by atoms with Crippen molar-refractivity contribution < 1.29 is 41.5 Å². The average molecular weight is 614 g/mol. The molecular formula is C32H31F4N3O5. The van der Waals surface area contributed by atoms with Gasteiger partial charge in [-0.1, -0.05) is 16.8 Å². The molecule has 0 aromatic heterocycles. The Morgan fingerprint density at radius 1 is 1.02 bits per heavy atom. The first-order chi connectivity index (χ1) is 21.1. The number of benzene rings is 2. The molecule has 4 fully saturated rings. The van der Waals surface area contributed by atoms with E-state index in [9.17, 15) is 27.2 Å². The Balaban J connectivity index is 1.17. The molecule has 2 aromatic rings. The Hall–Kier alpha value is -3.93. The van der Waals surface area contributed by atoms with Crippen molar-refractivity contribution in [1.82, 2.24) is 5.32 Å². The summed E-state index contributed by atoms with van der Waals surface area (Å²) < 4.78 is 65.0. The summed E-state index contributed by atoms with van der Waals surface area (Å²) >= 11 is 0. The molecule has 1 saturated heterocycles. The number of anilines is 1. The number of hydrogen-bond acceptors (Lipinski definition) is 6. The number of halogens is 4. The molecule has 2 aromatic carbocycles. The molecule has 8 nitrogen and oxygen atoms in total. The molecule has 7 rings (SSSR count). The SMILES string of the molecule is COc1ccc(C2=NOC3COCC23)cc1C(=O)N[C@H]1[C@@H](C(=O)Nc2ccc(F)c(C(F)(F)F)c2)[C@H]2CC[C@@H]1/C2=C\C1CC1. The van der Waals surface area contributed by atoms with Crippen molar-refractivity contribution >= 4 is 23.2 Å². The number of ether oxygens (including phenoxy) is 2. The van der Waals surface area contributed by atoms with Gasteiger partial charge in [0.25, 0.3) is 5.91 Å². The number of nitrogens with zero attached hydrogens (tertiary/aromatic N) is 1. The quantitative estimate of drug-likeness (QED) is 0.325. The first kappa shape index (κ1) is 28.8. The lowest BCUT2D eigenvalue weighted by Crippen LogP contribution is -2.48. The number of nitrogens with one attached hydrogen (secondary N) is 2. The van der Waals surface area contributed by atoms with Crippen LogP contribution in [0.1, 0.15) is 47.2 Å². The third kappa shape index (κ3) is 5.12. The van der Waals surface area contributed by atoms with Crippen LogP contribution >= 0.6 is 0 Å². The van der Waals surface area contributed by atoms with Gasteiger partial charge in [-0.05, 0) is 73.9 Å². The van der Waals surface area contributed by atoms with Crippen LogP contribution in [0.5, 0.6) is 5.75 Å². The normalized spacial score (nSPS) is 29.8. The van der Waals surface area contributed by atoms with E-state index in [1.165, 1.54) is 7.11 Å². The van der Waals surface area contributed by atoms with Gasteiger partial charge in [0.15, 0.2) is 6.10 Å². The van der Waals surface area contributed by atoms with Gasteiger partial charge in [-0.15, -0.1) is 0 Å². The van der Waals surface area contributed by atoms with E-state index in [1.807, 2.05) is 0 Å². The fourth-order valence-corrected chi connectivity index (χ4v) is 7.23. The summed E-state index contributed by atoms with van der Waals surface area (Å²) in [5.74, 6) is -2.61. The number of methoxy groups -OCH3 is 1. The number of amides is 2. The molecule has 2 unspecified atom stereocenters. The van der Waals surface area contributed by atoms with E-state index in [4.69, 9.17) is 14.3 Å². The predicted octanol–water partition coefficient (Wildman–Crippen LogP) is 5.33. The van der Waals surface area contributed by atoms with Crippen LogP contribution in [-0.2, 0) is 20.5 Å². The minimum Gasteiger partial charge on any atom is -0.496 e. The van der Waals surface area contributed by atoms with E-state index in [0.717, 1.165) is 37.3 Å². The zero-order valence-corrected chi connectivity index (χ0v) is 23.8. The van der Waals surface area contributed by atoms with Crippen LogP contribution in [0.4, 0.5) is 23.2 Å². The number of fused-ring (bicyclic) bond motifs is 3. The number of alkyl halides is 3. The number of allylic oxidation sites excluding steroid dienone is 1. The highest BCUT2D eigenvalue weighted by molar-refractivity contribution is 6.06. The maximum Gasteiger partial charge on any atom is 0.419 e. The van der Waals surface area contributed by atoms with Crippen molar-refractivity contribution in [2.75, 3.05) is 25.6 Å². The summed E-state index contributed by atoms with van der Waals surface area (Å²) in [4.78, 5) is 33.2. The Bertz CT molecular complexity index is 1570. The van der Waals surface area contributed by atoms with Gasteiger partial charge in [0.05, 0.1) is 49.0 Å². The summed E-state index contributed by atoms with van der Waals surface area (Å²) in [7, 11) is 1.46. The summed E-state index contributed by atoms with van der Waals surface area (Å²) in [6.45, 7) is 0.911. The fourth-order valence-electron chi connectivity index (χ4n) is 7.23. The van der Waals surface area contributed by atoms with Crippen molar-refractivity contribution in [2.24, 2.45) is 34.7 Å². The third-order valence-electron chi connectivity index (χ3n) is 9.49. The van der Waals surface area contributed by atoms with E-state index < -0.39 is 41.3 Å². The lowest BCUT2D eigenvalue weighted by molar-refractivity contribution is -0.140. The van der Waals surface area contributed by atoms with Gasteiger partial charge in [0.1, 0.15) is 11.6 Å². The minimum absolute atomic E-state index is 0.0441. The monoisotopic (exact) mass is 613 g/mol. The molecule has 0 radical (unpaired) electrons. The van der Waals surface area contributed by atoms with Crippen LogP contribution in [0.2, 0.25) is 0 Å². The van der Waals surface area contributed by atoms with Crippen LogP contribution in [0.15, 0.2) is 53.2 Å². The van der Waals surface area contributed by atoms with Crippen molar-refractivity contribution in [3.63, 3.8) is 0 Å². The van der Waals surface area contributed by atoms with Crippen LogP contribution in [0.25, 0.3) is 0 Å². The second-order valence-corrected chi connectivity index (χ2v) is 12.2. The van der Waals surface area contributed by atoms with E-state index in [1.54, 1.807) is 18.2 Å². The molecule has 2 N–H and O–H groups in total. The second-order valence-electron chi connectivity index (χ2n) is 12.2. The first-order valence-corrected chi connectivity index (χ1v) is 14.8. The van der Waals surface area contributed by atoms with Gasteiger partial charge in [0, 0.05) is 23.2 Å². The molecule has 12 heteroatoms. The third-order valence-corrected chi connectivity index (χ3v) is 9.49. The smallest absolute Gasteiger partial charge is 0.419 e. The highest BCUT2D eigenvalue weighted by atomic mass is 19.4. The predicted molar refractivity (Wildman–Crippen MR) is 151 cm³/mol. The second kappa shape index (κ2) is 10.9. The van der Waals surface area contributed by atoms with Gasteiger partial charge in [-0.2, -0.15) is 13.2 Å². The Kier molecular flexibility index (Phi) is 7.14. The van der Waals surface area contributed by atoms with Crippen molar-refractivity contribution in [3.8, 4) is 5.75 Å². The van der Waals surface area contributed by atoms with Gasteiger partial charge < -0.3 is 24.9 Å². The van der Waals surface area contributed by atoms with Crippen LogP contribution in [-0.4, -0.2) is 50.0 Å². The summed E-state index contributed by atoms with van der Waals surface area (Å²) in [5, 5.41) is 9.91. The number of rotatable bonds is 7. The zero-order valence-electron chi connectivity index (χ0n) is 23.8. The number of carbonyl (C=O) groups is 2. The molecule has 2 aliphatic heterocycles. The van der Waals surface area contributed by atoms with E-state index in [-0.39, 0.29) is 35.1 Å². The zero-order chi connectivity index (χ0) is 30.7. The maximum atomic E-state index is 13.9. The number of carbonyl (C=O) groups excluding carboxylic acids is 2. The summed E-state index contributed by atoms with van der Waals surface area (Å²) in [6.07, 6.45) is 0.781. The molecule has 5 aliphatic rings. The lowest BCUT2D eigenvalue weighted by Gasteiger charge is -2.30. The largest absolute Gasteiger partial charge is 0.496 e. The van der Waals surface area contributed by atoms with Crippen molar-refractivity contribution in [3.05, 3.63) is 70.6 Å². The highest BCUT2D eigenvalue weighted by Gasteiger charge is 2.55. The van der Waals surface area contributed by atoms with Gasteiger partial charge in [-0.25, -0.2) is 4.39 Å². The highest BCUT2D eigenvalue weighted by Crippen LogP contribution is 2.54. The average Bonchev–Trinajstić information content (AvgIpc) is 3.27. The molecule has 44 heavy (non-hydrogen) atoms. The van der Waals surface area contributed by atoms with E-state index in [0.29, 0.717) is 48.3 Å². The topological polar surface area (TPSA) is 98.2 Å². The molecule has 0 spiro atoms. The fraction of sp³-hybridized carbons (Fsp3) is 0.469. The van der Waals surface area contributed by atoms with Crippen LogP contribution in [0, 0.1) is 35.4 Å². The minimum atomic E-state index is -4.91. The van der Waals surface area contributed by atoms with Crippen molar-refractivity contribution in [1.29, 1.82) is 0 Å². The Labute approximate surface area is 250 Å². The molecular weight excluding hydrogens is 582 g/mol. The number of hydrogen-bond donors (Lipinski definition) is 2.